The van der Waals surface area contributed by atoms with Gasteiger partial charge in [0.2, 0.25) is 5.91 Å². The lowest BCUT2D eigenvalue weighted by atomic mass is 10.0. The zero-order chi connectivity index (χ0) is 33.3. The van der Waals surface area contributed by atoms with Crippen molar-refractivity contribution in [1.29, 1.82) is 0 Å². The minimum Gasteiger partial charge on any atom is -0.391 e. The van der Waals surface area contributed by atoms with Crippen LogP contribution >= 0.6 is 0 Å². The van der Waals surface area contributed by atoms with Crippen LogP contribution in [-0.2, 0) is 14.9 Å². The van der Waals surface area contributed by atoms with E-state index in [1.54, 1.807) is 0 Å². The molecule has 3 N–H and O–H groups in total. The van der Waals surface area contributed by atoms with Crippen LogP contribution in [-0.4, -0.2) is 41.9 Å². The van der Waals surface area contributed by atoms with E-state index in [1.165, 1.54) is 154 Å². The van der Waals surface area contributed by atoms with Crippen LogP contribution in [0.15, 0.2) is 0 Å². The number of rotatable bonds is 36. The largest absolute Gasteiger partial charge is 0.391 e. The van der Waals surface area contributed by atoms with Gasteiger partial charge in [0.05, 0.1) is 17.9 Å². The molecule has 0 spiro atoms. The van der Waals surface area contributed by atoms with Gasteiger partial charge in [-0.05, 0) is 12.8 Å². The maximum atomic E-state index is 12.5. The second-order valence-corrected chi connectivity index (χ2v) is 15.4. The van der Waals surface area contributed by atoms with E-state index in [0.29, 0.717) is 12.8 Å². The summed E-state index contributed by atoms with van der Waals surface area (Å²) >= 11 is 0. The third kappa shape index (κ3) is 34.5. The van der Waals surface area contributed by atoms with E-state index in [-0.39, 0.29) is 5.91 Å². The maximum absolute atomic E-state index is 12.5. The van der Waals surface area contributed by atoms with E-state index in [1.807, 2.05) is 0 Å². The molecule has 0 bridgehead atoms. The van der Waals surface area contributed by atoms with E-state index in [2.05, 4.69) is 19.2 Å². The molecule has 7 heteroatoms. The summed E-state index contributed by atoms with van der Waals surface area (Å²) in [5.74, 6) is -0.884. The third-order valence-corrected chi connectivity index (χ3v) is 10.1. The topological polar surface area (TPSA) is 104 Å². The van der Waals surface area contributed by atoms with Gasteiger partial charge in [-0.3, -0.25) is 9.35 Å². The molecular formula is C38H77NO5S. The highest BCUT2D eigenvalue weighted by atomic mass is 32.2. The molecule has 0 saturated carbocycles. The predicted molar refractivity (Wildman–Crippen MR) is 193 cm³/mol. The van der Waals surface area contributed by atoms with E-state index < -0.39 is 28.0 Å². The smallest absolute Gasteiger partial charge is 0.266 e. The Morgan fingerprint density at radius 2 is 0.800 bits per heavy atom. The molecule has 0 fully saturated rings. The lowest BCUT2D eigenvalue weighted by Crippen LogP contribution is -2.47. The molecule has 0 aliphatic rings. The van der Waals surface area contributed by atoms with Crippen molar-refractivity contribution in [2.24, 2.45) is 0 Å². The molecule has 0 aliphatic carbocycles. The van der Waals surface area contributed by atoms with Crippen LogP contribution in [0.4, 0.5) is 0 Å². The highest BCUT2D eigenvalue weighted by Gasteiger charge is 2.26. The van der Waals surface area contributed by atoms with Gasteiger partial charge < -0.3 is 10.4 Å². The average Bonchev–Trinajstić information content (AvgIpc) is 3.00. The number of hydrogen-bond acceptors (Lipinski definition) is 4. The Morgan fingerprint density at radius 3 is 1.11 bits per heavy atom. The lowest BCUT2D eigenvalue weighted by Gasteiger charge is -2.23. The number of amides is 1. The molecule has 6 nitrogen and oxygen atoms in total. The Kier molecular flexibility index (Phi) is 32.8. The third-order valence-electron chi connectivity index (χ3n) is 9.31. The number of aliphatic hydroxyl groups is 1. The molecule has 0 heterocycles. The zero-order valence-corrected chi connectivity index (χ0v) is 30.8. The quantitative estimate of drug-likeness (QED) is 0.0458. The molecule has 1 amide bonds. The molecule has 0 aliphatic heterocycles. The average molecular weight is 660 g/mol. The van der Waals surface area contributed by atoms with Crippen LogP contribution in [0.5, 0.6) is 0 Å². The zero-order valence-electron chi connectivity index (χ0n) is 30.0. The first-order valence-electron chi connectivity index (χ1n) is 19.7. The highest BCUT2D eigenvalue weighted by molar-refractivity contribution is 7.85. The first kappa shape index (κ1) is 44.3. The summed E-state index contributed by atoms with van der Waals surface area (Å²) in [5.41, 5.74) is 0. The van der Waals surface area contributed by atoms with Gasteiger partial charge in [0.1, 0.15) is 0 Å². The van der Waals surface area contributed by atoms with Crippen molar-refractivity contribution in [1.82, 2.24) is 5.32 Å². The van der Waals surface area contributed by atoms with Crippen molar-refractivity contribution in [2.45, 2.75) is 231 Å². The van der Waals surface area contributed by atoms with Crippen LogP contribution < -0.4 is 5.32 Å². The molecular weight excluding hydrogens is 582 g/mol. The van der Waals surface area contributed by atoms with E-state index in [0.717, 1.165) is 38.5 Å². The van der Waals surface area contributed by atoms with Crippen LogP contribution in [0, 0.1) is 0 Å². The summed E-state index contributed by atoms with van der Waals surface area (Å²) < 4.78 is 32.4. The Bertz CT molecular complexity index is 730. The number of carbonyl (C=O) groups excluding carboxylic acids is 1. The van der Waals surface area contributed by atoms with E-state index in [9.17, 15) is 22.9 Å². The molecule has 0 aromatic carbocycles. The Hall–Kier alpha value is -0.660. The summed E-state index contributed by atoms with van der Waals surface area (Å²) in [6.07, 6.45) is 37.7. The number of aliphatic hydroxyl groups excluding tert-OH is 1. The number of nitrogens with one attached hydrogen (secondary N) is 1. The van der Waals surface area contributed by atoms with Crippen molar-refractivity contribution in [3.8, 4) is 0 Å². The second kappa shape index (κ2) is 33.2. The Balaban J connectivity index is 3.76. The summed E-state index contributed by atoms with van der Waals surface area (Å²) in [4.78, 5) is 12.5. The minimum atomic E-state index is -4.30. The van der Waals surface area contributed by atoms with Gasteiger partial charge in [0.15, 0.2) is 0 Å². The monoisotopic (exact) mass is 660 g/mol. The molecule has 0 radical (unpaired) electrons. The second-order valence-electron chi connectivity index (χ2n) is 13.9. The van der Waals surface area contributed by atoms with Crippen molar-refractivity contribution in [3.63, 3.8) is 0 Å². The number of unbranched alkanes of at least 4 members (excludes halogenated alkanes) is 28. The van der Waals surface area contributed by atoms with Crippen molar-refractivity contribution < 1.29 is 22.9 Å². The highest BCUT2D eigenvalue weighted by Crippen LogP contribution is 2.16. The predicted octanol–water partition coefficient (Wildman–Crippen LogP) is 11.2. The van der Waals surface area contributed by atoms with Gasteiger partial charge in [-0.2, -0.15) is 8.42 Å². The molecule has 0 aromatic rings. The maximum Gasteiger partial charge on any atom is 0.266 e. The van der Waals surface area contributed by atoms with Gasteiger partial charge >= 0.3 is 0 Å². The normalized spacial score (nSPS) is 13.2. The summed E-state index contributed by atoms with van der Waals surface area (Å²) in [6.45, 7) is 4.50. The fourth-order valence-corrected chi connectivity index (χ4v) is 7.10. The van der Waals surface area contributed by atoms with Crippen molar-refractivity contribution in [2.75, 3.05) is 5.75 Å². The van der Waals surface area contributed by atoms with E-state index >= 15 is 0 Å². The van der Waals surface area contributed by atoms with Crippen LogP contribution in [0.3, 0.4) is 0 Å². The van der Waals surface area contributed by atoms with Crippen LogP contribution in [0.1, 0.15) is 219 Å². The minimum absolute atomic E-state index is 0.242. The SMILES string of the molecule is CCCCCCCCCCCCCCCCCCCCCCC(=O)NC(CS(=O)(=O)O)C(O)CCCCCCCCCCCC. The number of hydrogen-bond donors (Lipinski definition) is 3. The van der Waals surface area contributed by atoms with Gasteiger partial charge in [0.25, 0.3) is 10.1 Å². The first-order chi connectivity index (χ1) is 21.8. The molecule has 270 valence electrons. The molecule has 0 aromatic heterocycles. The summed E-state index contributed by atoms with van der Waals surface area (Å²) in [5, 5.41) is 13.3. The fraction of sp³-hybridized carbons (Fsp3) is 0.974. The van der Waals surface area contributed by atoms with Gasteiger partial charge in [-0.15, -0.1) is 0 Å². The molecule has 0 saturated heterocycles. The van der Waals surface area contributed by atoms with Crippen LogP contribution in [0.2, 0.25) is 0 Å². The molecule has 2 unspecified atom stereocenters. The summed E-state index contributed by atoms with van der Waals surface area (Å²) in [6, 6.07) is -0.962. The summed E-state index contributed by atoms with van der Waals surface area (Å²) in [7, 11) is -4.30. The number of carbonyl (C=O) groups is 1. The van der Waals surface area contributed by atoms with Gasteiger partial charge in [-0.25, -0.2) is 0 Å². The Morgan fingerprint density at radius 1 is 0.511 bits per heavy atom. The Labute approximate surface area is 280 Å². The molecule has 0 rings (SSSR count). The fourth-order valence-electron chi connectivity index (χ4n) is 6.34. The van der Waals surface area contributed by atoms with Crippen molar-refractivity contribution in [3.05, 3.63) is 0 Å². The van der Waals surface area contributed by atoms with Crippen LogP contribution in [0.25, 0.3) is 0 Å². The van der Waals surface area contributed by atoms with Gasteiger partial charge in [-0.1, -0.05) is 200 Å². The lowest BCUT2D eigenvalue weighted by molar-refractivity contribution is -0.122. The standard InChI is InChI=1S/C38H77NO5S/c1-3-5-7-9-11-13-15-16-17-18-19-20-21-22-23-24-26-28-30-32-34-38(41)39-36(35-45(42,43)44)37(40)33-31-29-27-25-14-12-10-8-6-4-2/h36-37,40H,3-35H2,1-2H3,(H,39,41)(H,42,43,44). The molecule has 2 atom stereocenters. The molecule has 45 heavy (non-hydrogen) atoms. The van der Waals surface area contributed by atoms with Gasteiger partial charge in [0, 0.05) is 6.42 Å². The first-order valence-corrected chi connectivity index (χ1v) is 21.3. The van der Waals surface area contributed by atoms with Crippen molar-refractivity contribution >= 4 is 16.0 Å². The van der Waals surface area contributed by atoms with E-state index in [4.69, 9.17) is 0 Å².